The molecule has 0 bridgehead atoms. The third kappa shape index (κ3) is 2.59. The number of hydrogen-bond acceptors (Lipinski definition) is 5. The Morgan fingerprint density at radius 3 is 2.63 bits per heavy atom. The molecule has 0 aliphatic rings. The molecule has 0 N–H and O–H groups in total. The molecule has 0 atom stereocenters. The van der Waals surface area contributed by atoms with Gasteiger partial charge in [-0.1, -0.05) is 35.6 Å². The molecule has 0 saturated carbocycles. The third-order valence-corrected chi connectivity index (χ3v) is 4.98. The molecule has 0 spiro atoms. The van der Waals surface area contributed by atoms with Crippen LogP contribution in [0.2, 0.25) is 0 Å². The summed E-state index contributed by atoms with van der Waals surface area (Å²) in [5, 5.41) is 17.4. The molecular weight excluding hydrogens is 370 g/mol. The fourth-order valence-corrected chi connectivity index (χ4v) is 3.55. The van der Waals surface area contributed by atoms with Gasteiger partial charge in [-0.2, -0.15) is 14.7 Å². The van der Waals surface area contributed by atoms with Crippen LogP contribution >= 0.6 is 11.3 Å². The predicted molar refractivity (Wildman–Crippen MR) is 96.6 cm³/mol. The van der Waals surface area contributed by atoms with Crippen molar-refractivity contribution in [2.75, 3.05) is 0 Å². The first-order valence-electron chi connectivity index (χ1n) is 7.98. The van der Waals surface area contributed by atoms with E-state index in [1.807, 2.05) is 36.5 Å². The van der Waals surface area contributed by atoms with Crippen LogP contribution in [0.3, 0.4) is 0 Å². The molecule has 0 fully saturated rings. The van der Waals surface area contributed by atoms with Gasteiger partial charge in [0.25, 0.3) is 0 Å². The number of rotatable bonds is 3. The van der Waals surface area contributed by atoms with Crippen molar-refractivity contribution in [3.05, 3.63) is 72.6 Å². The maximum Gasteiger partial charge on any atom is 0.235 e. The molecule has 5 rings (SSSR count). The van der Waals surface area contributed by atoms with E-state index in [1.165, 1.54) is 28.0 Å². The lowest BCUT2D eigenvalue weighted by Gasteiger charge is -2.00. The van der Waals surface area contributed by atoms with Gasteiger partial charge in [0.05, 0.1) is 23.0 Å². The van der Waals surface area contributed by atoms with Crippen molar-refractivity contribution in [3.63, 3.8) is 0 Å². The zero-order valence-electron chi connectivity index (χ0n) is 13.6. The minimum atomic E-state index is -0.974. The van der Waals surface area contributed by atoms with Gasteiger partial charge in [0.1, 0.15) is 0 Å². The minimum absolute atomic E-state index is 0.0133. The molecule has 3 aromatic heterocycles. The molecule has 9 heteroatoms. The first kappa shape index (κ1) is 15.8. The van der Waals surface area contributed by atoms with E-state index >= 15 is 0 Å². The van der Waals surface area contributed by atoms with Crippen molar-refractivity contribution >= 4 is 16.3 Å². The fourth-order valence-electron chi connectivity index (χ4n) is 2.73. The maximum absolute atomic E-state index is 14.1. The summed E-state index contributed by atoms with van der Waals surface area (Å²) in [5.41, 5.74) is 1.73. The van der Waals surface area contributed by atoms with E-state index < -0.39 is 11.6 Å². The number of fused-ring (bicyclic) bond motifs is 1. The first-order chi connectivity index (χ1) is 13.2. The highest BCUT2D eigenvalue weighted by Crippen LogP contribution is 2.29. The molecule has 0 unspecified atom stereocenters. The molecule has 6 nitrogen and oxygen atoms in total. The Morgan fingerprint density at radius 1 is 0.926 bits per heavy atom. The van der Waals surface area contributed by atoms with Crippen LogP contribution in [0.15, 0.2) is 60.9 Å². The van der Waals surface area contributed by atoms with E-state index in [0.717, 1.165) is 17.3 Å². The average molecular weight is 380 g/mol. The van der Waals surface area contributed by atoms with E-state index in [9.17, 15) is 8.78 Å². The fraction of sp³-hybridized carbons (Fsp3) is 0. The summed E-state index contributed by atoms with van der Waals surface area (Å²) < 4.78 is 30.8. The second kappa shape index (κ2) is 6.06. The normalized spacial score (nSPS) is 11.3. The summed E-state index contributed by atoms with van der Waals surface area (Å²) in [6.07, 6.45) is 3.55. The minimum Gasteiger partial charge on any atom is -0.240 e. The lowest BCUT2D eigenvalue weighted by Crippen LogP contribution is -1.95. The van der Waals surface area contributed by atoms with Gasteiger partial charge in [0.2, 0.25) is 4.96 Å². The van der Waals surface area contributed by atoms with Crippen molar-refractivity contribution in [3.8, 4) is 27.6 Å². The second-order valence-corrected chi connectivity index (χ2v) is 6.69. The van der Waals surface area contributed by atoms with Crippen molar-refractivity contribution in [1.82, 2.24) is 29.6 Å². The Balaban J connectivity index is 1.58. The number of nitrogens with zero attached hydrogens (tertiary/aromatic N) is 6. The molecule has 27 heavy (non-hydrogen) atoms. The SMILES string of the molecule is Fc1cccc(-c2nnc3sc(-c4cnn(-c5ccccc5)c4)nn23)c1F. The van der Waals surface area contributed by atoms with Gasteiger partial charge >= 0.3 is 0 Å². The Kier molecular flexibility index (Phi) is 3.54. The Bertz CT molecular complexity index is 1260. The van der Waals surface area contributed by atoms with Crippen LogP contribution in [0.5, 0.6) is 0 Å². The lowest BCUT2D eigenvalue weighted by atomic mass is 10.2. The van der Waals surface area contributed by atoms with Crippen LogP contribution in [0.1, 0.15) is 0 Å². The summed E-state index contributed by atoms with van der Waals surface area (Å²) in [4.78, 5) is 0.483. The van der Waals surface area contributed by atoms with Crippen LogP contribution < -0.4 is 0 Å². The summed E-state index contributed by atoms with van der Waals surface area (Å²) in [7, 11) is 0. The van der Waals surface area contributed by atoms with E-state index in [4.69, 9.17) is 0 Å². The standard InChI is InChI=1S/C18H10F2N6S/c19-14-8-4-7-13(15(14)20)16-22-23-18-26(16)24-17(27-18)11-9-21-25(10-11)12-5-2-1-3-6-12/h1-10H. The quantitative estimate of drug-likeness (QED) is 0.475. The van der Waals surface area contributed by atoms with E-state index in [-0.39, 0.29) is 11.4 Å². The molecule has 2 aromatic carbocycles. The van der Waals surface area contributed by atoms with Gasteiger partial charge in [-0.3, -0.25) is 0 Å². The highest BCUT2D eigenvalue weighted by molar-refractivity contribution is 7.19. The van der Waals surface area contributed by atoms with Gasteiger partial charge in [0.15, 0.2) is 22.5 Å². The van der Waals surface area contributed by atoms with Crippen LogP contribution in [-0.2, 0) is 0 Å². The first-order valence-corrected chi connectivity index (χ1v) is 8.79. The van der Waals surface area contributed by atoms with Gasteiger partial charge < -0.3 is 0 Å². The molecule has 0 saturated heterocycles. The molecule has 0 aliphatic heterocycles. The van der Waals surface area contributed by atoms with Crippen molar-refractivity contribution < 1.29 is 8.78 Å². The van der Waals surface area contributed by atoms with E-state index in [1.54, 1.807) is 10.9 Å². The molecule has 0 amide bonds. The number of hydrogen-bond donors (Lipinski definition) is 0. The Labute approximate surface area is 155 Å². The summed E-state index contributed by atoms with van der Waals surface area (Å²) in [6, 6.07) is 13.6. The molecule has 5 aromatic rings. The predicted octanol–water partition coefficient (Wildman–Crippen LogP) is 3.98. The number of para-hydroxylation sites is 1. The number of benzene rings is 2. The van der Waals surface area contributed by atoms with Crippen LogP contribution in [0.25, 0.3) is 32.6 Å². The second-order valence-electron chi connectivity index (χ2n) is 5.74. The van der Waals surface area contributed by atoms with Gasteiger partial charge in [-0.15, -0.1) is 10.2 Å². The summed E-state index contributed by atoms with van der Waals surface area (Å²) in [5.74, 6) is -1.76. The third-order valence-electron chi connectivity index (χ3n) is 4.03. The highest BCUT2D eigenvalue weighted by atomic mass is 32.1. The van der Waals surface area contributed by atoms with Gasteiger partial charge in [0, 0.05) is 6.20 Å². The van der Waals surface area contributed by atoms with Crippen LogP contribution in [0, 0.1) is 11.6 Å². The largest absolute Gasteiger partial charge is 0.240 e. The maximum atomic E-state index is 14.1. The van der Waals surface area contributed by atoms with Crippen LogP contribution in [-0.4, -0.2) is 29.6 Å². The zero-order chi connectivity index (χ0) is 18.4. The smallest absolute Gasteiger partial charge is 0.235 e. The summed E-state index contributed by atoms with van der Waals surface area (Å²) >= 11 is 1.29. The number of aromatic nitrogens is 6. The Morgan fingerprint density at radius 2 is 1.78 bits per heavy atom. The zero-order valence-corrected chi connectivity index (χ0v) is 14.4. The van der Waals surface area contributed by atoms with Crippen molar-refractivity contribution in [1.29, 1.82) is 0 Å². The average Bonchev–Trinajstić information content (AvgIpc) is 3.40. The van der Waals surface area contributed by atoms with Gasteiger partial charge in [-0.05, 0) is 24.3 Å². The molecular formula is C18H10F2N6S. The molecule has 132 valence electrons. The highest BCUT2D eigenvalue weighted by Gasteiger charge is 2.19. The van der Waals surface area contributed by atoms with E-state index in [0.29, 0.717) is 9.97 Å². The molecule has 0 aliphatic carbocycles. The lowest BCUT2D eigenvalue weighted by molar-refractivity contribution is 0.510. The van der Waals surface area contributed by atoms with E-state index in [2.05, 4.69) is 20.4 Å². The molecule has 3 heterocycles. The Hall–Kier alpha value is -3.46. The van der Waals surface area contributed by atoms with Gasteiger partial charge in [-0.25, -0.2) is 13.5 Å². The molecule has 0 radical (unpaired) electrons. The number of halogens is 2. The summed E-state index contributed by atoms with van der Waals surface area (Å²) in [6.45, 7) is 0. The van der Waals surface area contributed by atoms with Crippen LogP contribution in [0.4, 0.5) is 8.78 Å². The monoisotopic (exact) mass is 380 g/mol. The van der Waals surface area contributed by atoms with Crippen molar-refractivity contribution in [2.24, 2.45) is 0 Å². The topological polar surface area (TPSA) is 60.9 Å². The van der Waals surface area contributed by atoms with Crippen molar-refractivity contribution in [2.45, 2.75) is 0 Å².